The Morgan fingerprint density at radius 2 is 1.91 bits per heavy atom. The summed E-state index contributed by atoms with van der Waals surface area (Å²) in [6.07, 6.45) is 7.69. The van der Waals surface area contributed by atoms with Crippen molar-refractivity contribution in [1.29, 1.82) is 0 Å². The third kappa shape index (κ3) is 2.45. The van der Waals surface area contributed by atoms with E-state index < -0.39 is 0 Å². The van der Waals surface area contributed by atoms with Crippen LogP contribution in [0, 0.1) is 11.3 Å². The normalized spacial score (nSPS) is 27.3. The van der Waals surface area contributed by atoms with E-state index in [9.17, 15) is 4.79 Å². The summed E-state index contributed by atoms with van der Waals surface area (Å²) in [4.78, 5) is 20.1. The molecular weight excluding hydrogens is 396 g/mol. The lowest BCUT2D eigenvalue weighted by Crippen LogP contribution is -2.41. The summed E-state index contributed by atoms with van der Waals surface area (Å²) in [5.74, 6) is 2.15. The highest BCUT2D eigenvalue weighted by Crippen LogP contribution is 2.57. The van der Waals surface area contributed by atoms with Gasteiger partial charge in [0.1, 0.15) is 5.82 Å². The molecule has 0 radical (unpaired) electrons. The molecule has 1 amide bonds. The first-order chi connectivity index (χ1) is 15.6. The van der Waals surface area contributed by atoms with Crippen LogP contribution in [0.1, 0.15) is 73.6 Å². The molecule has 2 aliphatic carbocycles. The molecule has 7 rings (SSSR count). The predicted octanol–water partition coefficient (Wildman–Crippen LogP) is 5.25. The number of carbonyl (C=O) groups excluding carboxylic acids is 1. The van der Waals surface area contributed by atoms with E-state index in [2.05, 4.69) is 40.7 Å². The zero-order chi connectivity index (χ0) is 21.6. The predicted molar refractivity (Wildman–Crippen MR) is 127 cm³/mol. The fourth-order valence-corrected chi connectivity index (χ4v) is 7.08. The van der Waals surface area contributed by atoms with Gasteiger partial charge in [0, 0.05) is 36.2 Å². The van der Waals surface area contributed by atoms with E-state index in [0.717, 1.165) is 35.4 Å². The molecule has 1 spiro atoms. The van der Waals surface area contributed by atoms with Crippen molar-refractivity contribution in [1.82, 2.24) is 9.55 Å². The molecular formula is C27H30N4O. The molecule has 2 saturated carbocycles. The molecule has 3 fully saturated rings. The average molecular weight is 427 g/mol. The lowest BCUT2D eigenvalue weighted by atomic mass is 9.83. The number of piperidine rings is 1. The van der Waals surface area contributed by atoms with E-state index in [0.29, 0.717) is 28.9 Å². The Morgan fingerprint density at radius 3 is 2.69 bits per heavy atom. The number of benzene rings is 2. The molecule has 32 heavy (non-hydrogen) atoms. The van der Waals surface area contributed by atoms with E-state index in [1.54, 1.807) is 0 Å². The Hall–Kier alpha value is -2.82. The van der Waals surface area contributed by atoms with Gasteiger partial charge in [0.25, 0.3) is 5.91 Å². The fourth-order valence-electron chi connectivity index (χ4n) is 7.08. The second kappa shape index (κ2) is 6.37. The lowest BCUT2D eigenvalue weighted by molar-refractivity contribution is 0.100. The zero-order valence-electron chi connectivity index (χ0n) is 18.7. The number of anilines is 1. The highest BCUT2D eigenvalue weighted by molar-refractivity contribution is 6.05. The zero-order valence-corrected chi connectivity index (χ0v) is 18.7. The van der Waals surface area contributed by atoms with Crippen LogP contribution >= 0.6 is 0 Å². The molecule has 3 aromatic rings. The number of hydrogen-bond acceptors (Lipinski definition) is 3. The van der Waals surface area contributed by atoms with Gasteiger partial charge in [-0.15, -0.1) is 0 Å². The second-order valence-corrected chi connectivity index (χ2v) is 10.7. The smallest absolute Gasteiger partial charge is 0.250 e. The molecule has 2 aliphatic heterocycles. The number of nitrogens with zero attached hydrogens (tertiary/aromatic N) is 3. The van der Waals surface area contributed by atoms with Crippen LogP contribution < -0.4 is 10.6 Å². The minimum Gasteiger partial charge on any atom is -0.370 e. The Bertz CT molecular complexity index is 1270. The van der Waals surface area contributed by atoms with Gasteiger partial charge in [0.05, 0.1) is 22.3 Å². The van der Waals surface area contributed by atoms with E-state index in [4.69, 9.17) is 10.7 Å². The molecule has 3 atom stereocenters. The number of nitrogens with two attached hydrogens (primary N) is 1. The minimum atomic E-state index is -0.348. The molecule has 4 aliphatic rings. The molecule has 2 N–H and O–H groups in total. The van der Waals surface area contributed by atoms with E-state index in [1.807, 2.05) is 12.1 Å². The summed E-state index contributed by atoms with van der Waals surface area (Å²) in [7, 11) is 0. The number of rotatable bonds is 3. The van der Waals surface area contributed by atoms with Crippen LogP contribution in [0.15, 0.2) is 36.4 Å². The van der Waals surface area contributed by atoms with Gasteiger partial charge < -0.3 is 15.2 Å². The maximum atomic E-state index is 12.5. The standard InChI is InChI=1S/C27H30N4O/c1-16-15-30(13-12-27(16)10-11-27)24-20(5-2-6-21(24)25(28)32)19-4-3-7-22-23(19)29-26-17-8-9-18(14-17)31(22)26/h2-7,16-18H,8-15H2,1H3,(H2,28,32)/t16?,17-,18+/m1/s1. The maximum absolute atomic E-state index is 12.5. The molecule has 164 valence electrons. The molecule has 1 unspecified atom stereocenters. The van der Waals surface area contributed by atoms with Crippen LogP contribution in [0.4, 0.5) is 5.69 Å². The van der Waals surface area contributed by atoms with Crippen molar-refractivity contribution in [2.24, 2.45) is 17.1 Å². The number of fused-ring (bicyclic) bond motifs is 7. The van der Waals surface area contributed by atoms with E-state index in [-0.39, 0.29) is 5.91 Å². The SMILES string of the molecule is CC1CN(c2c(C(N)=O)cccc2-c2cccc3c2nc2n3[C@H]3CC[C@@H]2C3)CCC12CC2. The maximum Gasteiger partial charge on any atom is 0.250 e. The number of para-hydroxylation sites is 2. The molecule has 1 aromatic heterocycles. The van der Waals surface area contributed by atoms with E-state index in [1.165, 1.54) is 49.9 Å². The summed E-state index contributed by atoms with van der Waals surface area (Å²) >= 11 is 0. The van der Waals surface area contributed by atoms with E-state index >= 15 is 0 Å². The second-order valence-electron chi connectivity index (χ2n) is 10.7. The van der Waals surface area contributed by atoms with Crippen molar-refractivity contribution in [3.63, 3.8) is 0 Å². The molecule has 3 heterocycles. The number of amides is 1. The van der Waals surface area contributed by atoms with Crippen molar-refractivity contribution < 1.29 is 4.79 Å². The molecule has 2 bridgehead atoms. The highest BCUT2D eigenvalue weighted by atomic mass is 16.1. The third-order valence-electron chi connectivity index (χ3n) is 9.10. The Morgan fingerprint density at radius 1 is 1.09 bits per heavy atom. The summed E-state index contributed by atoms with van der Waals surface area (Å²) in [5, 5.41) is 0. The fraction of sp³-hybridized carbons (Fsp3) is 0.481. The lowest BCUT2D eigenvalue weighted by Gasteiger charge is -2.40. The van der Waals surface area contributed by atoms with Gasteiger partial charge in [0.2, 0.25) is 0 Å². The first kappa shape index (κ1) is 18.7. The monoisotopic (exact) mass is 426 g/mol. The van der Waals surface area contributed by atoms with Crippen LogP contribution in [-0.4, -0.2) is 28.5 Å². The van der Waals surface area contributed by atoms with Gasteiger partial charge in [-0.1, -0.05) is 31.2 Å². The molecule has 5 heteroatoms. The Labute approximate surface area is 188 Å². The number of hydrogen-bond donors (Lipinski definition) is 1. The van der Waals surface area contributed by atoms with Gasteiger partial charge in [0.15, 0.2) is 0 Å². The van der Waals surface area contributed by atoms with Crippen LogP contribution in [0.2, 0.25) is 0 Å². The van der Waals surface area contributed by atoms with Gasteiger partial charge in [-0.05, 0) is 62.0 Å². The minimum absolute atomic E-state index is 0.348. The first-order valence-electron chi connectivity index (χ1n) is 12.2. The van der Waals surface area contributed by atoms with Crippen LogP contribution in [0.25, 0.3) is 22.2 Å². The average Bonchev–Trinajstić information content (AvgIpc) is 3.12. The first-order valence-corrected chi connectivity index (χ1v) is 12.2. The van der Waals surface area contributed by atoms with Gasteiger partial charge in [-0.2, -0.15) is 0 Å². The highest BCUT2D eigenvalue weighted by Gasteiger charge is 2.50. The van der Waals surface area contributed by atoms with Gasteiger partial charge in [-0.3, -0.25) is 4.79 Å². The summed E-state index contributed by atoms with van der Waals surface area (Å²) in [5.41, 5.74) is 12.6. The van der Waals surface area contributed by atoms with Crippen LogP contribution in [0.5, 0.6) is 0 Å². The van der Waals surface area contributed by atoms with Crippen LogP contribution in [-0.2, 0) is 0 Å². The number of carbonyl (C=O) groups is 1. The largest absolute Gasteiger partial charge is 0.370 e. The molecule has 5 nitrogen and oxygen atoms in total. The summed E-state index contributed by atoms with van der Waals surface area (Å²) < 4.78 is 2.49. The molecule has 1 saturated heterocycles. The Kier molecular flexibility index (Phi) is 3.73. The summed E-state index contributed by atoms with van der Waals surface area (Å²) in [6, 6.07) is 13.2. The number of primary amides is 1. The Balaban J connectivity index is 1.41. The number of aromatic nitrogens is 2. The van der Waals surface area contributed by atoms with Crippen molar-refractivity contribution in [2.75, 3.05) is 18.0 Å². The summed E-state index contributed by atoms with van der Waals surface area (Å²) in [6.45, 7) is 4.35. The van der Waals surface area contributed by atoms with Gasteiger partial charge in [-0.25, -0.2) is 4.98 Å². The van der Waals surface area contributed by atoms with Crippen molar-refractivity contribution in [3.05, 3.63) is 47.8 Å². The van der Waals surface area contributed by atoms with Gasteiger partial charge >= 0.3 is 0 Å². The van der Waals surface area contributed by atoms with Crippen LogP contribution in [0.3, 0.4) is 0 Å². The van der Waals surface area contributed by atoms with Crippen molar-refractivity contribution in [2.45, 2.75) is 57.4 Å². The van der Waals surface area contributed by atoms with Crippen molar-refractivity contribution in [3.8, 4) is 11.1 Å². The molecule has 2 aromatic carbocycles. The third-order valence-corrected chi connectivity index (χ3v) is 9.10. The van der Waals surface area contributed by atoms with Crippen molar-refractivity contribution >= 4 is 22.6 Å². The quantitative estimate of drug-likeness (QED) is 0.622. The topological polar surface area (TPSA) is 64.2 Å². The number of imidazole rings is 1.